The molecule has 0 saturated heterocycles. The number of thiophene rings is 1. The van der Waals surface area contributed by atoms with Crippen LogP contribution in [0.1, 0.15) is 83.9 Å². The summed E-state index contributed by atoms with van der Waals surface area (Å²) >= 11 is 2.69. The Kier molecular flexibility index (Phi) is 9.69. The number of hydrogen-bond acceptors (Lipinski definition) is 9. The van der Waals surface area contributed by atoms with Crippen LogP contribution in [-0.4, -0.2) is 29.2 Å². The van der Waals surface area contributed by atoms with Crippen LogP contribution >= 0.6 is 23.1 Å². The van der Waals surface area contributed by atoms with Crippen molar-refractivity contribution in [2.24, 2.45) is 5.92 Å². The Bertz CT molecular complexity index is 1550. The lowest BCUT2D eigenvalue weighted by molar-refractivity contribution is -0.115. The van der Waals surface area contributed by atoms with E-state index in [2.05, 4.69) is 43.2 Å². The summed E-state index contributed by atoms with van der Waals surface area (Å²) in [6.07, 6.45) is 2.78. The minimum atomic E-state index is -0.408. The molecule has 1 aliphatic carbocycles. The van der Waals surface area contributed by atoms with Crippen molar-refractivity contribution in [3.05, 3.63) is 57.0 Å². The molecule has 0 bridgehead atoms. The van der Waals surface area contributed by atoms with Gasteiger partial charge in [-0.1, -0.05) is 45.0 Å². The predicted molar refractivity (Wildman–Crippen MR) is 163 cm³/mol. The summed E-state index contributed by atoms with van der Waals surface area (Å²) in [5.41, 5.74) is 10.3. The number of hydrogen-bond donors (Lipinski definition) is 2. The number of nitrogens with two attached hydrogens (primary N) is 1. The smallest absolute Gasteiger partial charge is 0.341 e. The van der Waals surface area contributed by atoms with E-state index < -0.39 is 5.97 Å². The second kappa shape index (κ2) is 13.2. The monoisotopic (exact) mass is 587 g/mol. The molecule has 1 unspecified atom stereocenters. The molecule has 3 N–H and O–H groups in total. The lowest BCUT2D eigenvalue weighted by Crippen LogP contribution is -2.17. The molecule has 1 aromatic carbocycles. The molecule has 0 spiro atoms. The first kappa shape index (κ1) is 30.1. The highest BCUT2D eigenvalue weighted by Crippen LogP contribution is 2.40. The Morgan fingerprint density at radius 1 is 1.22 bits per heavy atom. The van der Waals surface area contributed by atoms with Crippen LogP contribution in [-0.2, 0) is 22.4 Å². The molecule has 10 heteroatoms. The number of aromatic nitrogens is 1. The zero-order chi connectivity index (χ0) is 29.7. The van der Waals surface area contributed by atoms with E-state index >= 15 is 0 Å². The van der Waals surface area contributed by atoms with E-state index in [9.17, 15) is 20.1 Å². The molecular weight excluding hydrogens is 555 g/mol. The van der Waals surface area contributed by atoms with Gasteiger partial charge in [-0.25, -0.2) is 9.78 Å². The van der Waals surface area contributed by atoms with Crippen molar-refractivity contribution in [2.45, 2.75) is 64.3 Å². The second-order valence-electron chi connectivity index (χ2n) is 10.4. The number of nitrogen functional groups attached to an aromatic ring is 1. The Hall–Kier alpha value is -3.86. The minimum absolute atomic E-state index is 0.0406. The summed E-state index contributed by atoms with van der Waals surface area (Å²) in [5, 5.41) is 23.7. The van der Waals surface area contributed by atoms with Gasteiger partial charge in [0, 0.05) is 22.6 Å². The number of esters is 1. The van der Waals surface area contributed by atoms with Crippen LogP contribution in [0.25, 0.3) is 11.1 Å². The third-order valence-corrected chi connectivity index (χ3v) is 9.24. The van der Waals surface area contributed by atoms with Gasteiger partial charge in [-0.05, 0) is 54.7 Å². The molecule has 41 heavy (non-hydrogen) atoms. The number of pyridine rings is 1. The van der Waals surface area contributed by atoms with E-state index in [0.29, 0.717) is 44.3 Å². The number of benzene rings is 1. The number of amides is 1. The summed E-state index contributed by atoms with van der Waals surface area (Å²) < 4.78 is 5.30. The third-order valence-electron chi connectivity index (χ3n) is 7.09. The van der Waals surface area contributed by atoms with E-state index in [1.807, 2.05) is 24.3 Å². The lowest BCUT2D eigenvalue weighted by atomic mass is 9.88. The van der Waals surface area contributed by atoms with Gasteiger partial charge in [0.2, 0.25) is 5.91 Å². The van der Waals surface area contributed by atoms with Crippen molar-refractivity contribution < 1.29 is 14.3 Å². The average molecular weight is 588 g/mol. The summed E-state index contributed by atoms with van der Waals surface area (Å²) in [7, 11) is 0. The van der Waals surface area contributed by atoms with Crippen molar-refractivity contribution in [3.63, 3.8) is 0 Å². The zero-order valence-electron chi connectivity index (χ0n) is 23.7. The highest BCUT2D eigenvalue weighted by Gasteiger charge is 2.29. The van der Waals surface area contributed by atoms with Gasteiger partial charge in [0.15, 0.2) is 0 Å². The van der Waals surface area contributed by atoms with Crippen molar-refractivity contribution in [1.82, 2.24) is 4.98 Å². The molecule has 0 fully saturated rings. The first-order valence-electron chi connectivity index (χ1n) is 13.7. The molecule has 1 atom stereocenters. The molecule has 212 valence electrons. The molecule has 8 nitrogen and oxygen atoms in total. The number of fused-ring (bicyclic) bond motifs is 1. The van der Waals surface area contributed by atoms with Crippen LogP contribution < -0.4 is 11.1 Å². The van der Waals surface area contributed by atoms with Gasteiger partial charge >= 0.3 is 5.97 Å². The van der Waals surface area contributed by atoms with Gasteiger partial charge in [0.05, 0.1) is 17.7 Å². The lowest BCUT2D eigenvalue weighted by Gasteiger charge is -2.18. The maximum atomic E-state index is 13.0. The number of nitrogens with zero attached hydrogens (tertiary/aromatic N) is 3. The van der Waals surface area contributed by atoms with Crippen LogP contribution in [0.15, 0.2) is 29.3 Å². The fourth-order valence-electron chi connectivity index (χ4n) is 4.91. The number of nitriles is 2. The van der Waals surface area contributed by atoms with Crippen LogP contribution in [0.3, 0.4) is 0 Å². The number of ether oxygens (including phenoxy) is 1. The first-order chi connectivity index (χ1) is 19.7. The van der Waals surface area contributed by atoms with Crippen LogP contribution in [0.2, 0.25) is 0 Å². The van der Waals surface area contributed by atoms with Crippen LogP contribution in [0, 0.1) is 28.6 Å². The van der Waals surface area contributed by atoms with E-state index in [1.54, 1.807) is 6.92 Å². The maximum absolute atomic E-state index is 13.0. The summed E-state index contributed by atoms with van der Waals surface area (Å²) in [4.78, 5) is 31.2. The number of nitrogens with one attached hydrogen (secondary N) is 1. The fraction of sp³-hybridized carbons (Fsp3) is 0.387. The molecule has 4 rings (SSSR count). The highest BCUT2D eigenvalue weighted by molar-refractivity contribution is 7.99. The minimum Gasteiger partial charge on any atom is -0.462 e. The van der Waals surface area contributed by atoms with Gasteiger partial charge in [0.25, 0.3) is 0 Å². The van der Waals surface area contributed by atoms with Crippen molar-refractivity contribution >= 4 is 45.8 Å². The molecule has 0 aliphatic heterocycles. The van der Waals surface area contributed by atoms with E-state index in [1.165, 1.54) is 23.1 Å². The van der Waals surface area contributed by atoms with E-state index in [4.69, 9.17) is 10.5 Å². The zero-order valence-corrected chi connectivity index (χ0v) is 25.3. The van der Waals surface area contributed by atoms with Gasteiger partial charge in [0.1, 0.15) is 33.5 Å². The largest absolute Gasteiger partial charge is 0.462 e. The molecule has 1 aliphatic rings. The van der Waals surface area contributed by atoms with Crippen molar-refractivity contribution in [1.29, 1.82) is 10.5 Å². The standard InChI is InChI=1S/C31H33N5O3S2/c1-5-39-31(38)27-21-11-6-18(4)14-24(21)41-30(27)35-25(37)12-13-40-29-23(16-33)26(22(15-32)28(34)36-29)20-9-7-19(8-10-20)17(2)3/h7-10,17-18H,5-6,11-14H2,1-4H3,(H2,34,36)(H,35,37). The Labute approximate surface area is 248 Å². The number of carbonyl (C=O) groups excluding carboxylic acids is 2. The van der Waals surface area contributed by atoms with Gasteiger partial charge in [-0.15, -0.1) is 23.1 Å². The van der Waals surface area contributed by atoms with Crippen LogP contribution in [0.5, 0.6) is 0 Å². The van der Waals surface area contributed by atoms with Gasteiger partial charge in [-0.3, -0.25) is 4.79 Å². The SMILES string of the molecule is CCOC(=O)c1c(NC(=O)CCSc2nc(N)c(C#N)c(-c3ccc(C(C)C)cc3)c2C#N)sc2c1CCC(C)C2. The normalized spacial score (nSPS) is 14.2. The number of rotatable bonds is 9. The van der Waals surface area contributed by atoms with E-state index in [-0.39, 0.29) is 35.9 Å². The van der Waals surface area contributed by atoms with Gasteiger partial charge < -0.3 is 15.8 Å². The molecule has 0 radical (unpaired) electrons. The number of anilines is 2. The second-order valence-corrected chi connectivity index (χ2v) is 12.5. The molecule has 1 amide bonds. The summed E-state index contributed by atoms with van der Waals surface area (Å²) in [6, 6.07) is 12.0. The molecule has 2 aromatic heterocycles. The summed E-state index contributed by atoms with van der Waals surface area (Å²) in [6.45, 7) is 8.40. The van der Waals surface area contributed by atoms with Gasteiger partial charge in [-0.2, -0.15) is 10.5 Å². The average Bonchev–Trinajstić information content (AvgIpc) is 3.29. The number of carbonyl (C=O) groups is 2. The predicted octanol–water partition coefficient (Wildman–Crippen LogP) is 6.68. The Balaban J connectivity index is 1.53. The highest BCUT2D eigenvalue weighted by atomic mass is 32.2. The third kappa shape index (κ3) is 6.56. The van der Waals surface area contributed by atoms with Crippen LogP contribution in [0.4, 0.5) is 10.8 Å². The van der Waals surface area contributed by atoms with Crippen molar-refractivity contribution in [3.8, 4) is 23.3 Å². The number of thioether (sulfide) groups is 1. The molecule has 0 saturated carbocycles. The fourth-order valence-corrected chi connectivity index (χ4v) is 7.26. The molecular formula is C31H33N5O3S2. The van der Waals surface area contributed by atoms with E-state index in [0.717, 1.165) is 35.3 Å². The quantitative estimate of drug-likeness (QED) is 0.208. The Morgan fingerprint density at radius 3 is 2.56 bits per heavy atom. The Morgan fingerprint density at radius 2 is 1.93 bits per heavy atom. The topological polar surface area (TPSA) is 142 Å². The first-order valence-corrected chi connectivity index (χ1v) is 15.5. The molecule has 2 heterocycles. The molecule has 3 aromatic rings. The van der Waals surface area contributed by atoms with Crippen molar-refractivity contribution in [2.75, 3.05) is 23.4 Å². The maximum Gasteiger partial charge on any atom is 0.341 e. The summed E-state index contributed by atoms with van der Waals surface area (Å²) in [5.74, 6) is 0.566.